The fourth-order valence-corrected chi connectivity index (χ4v) is 7.89. The lowest BCUT2D eigenvalue weighted by molar-refractivity contribution is -0.118. The van der Waals surface area contributed by atoms with Gasteiger partial charge in [0.2, 0.25) is 0 Å². The second-order valence-electron chi connectivity index (χ2n) is 13.6. The molecule has 4 aliphatic rings. The number of imidazole rings is 1. The zero-order chi connectivity index (χ0) is 34.9. The lowest BCUT2D eigenvalue weighted by atomic mass is 9.84. The van der Waals surface area contributed by atoms with Crippen LogP contribution in [-0.4, -0.2) is 88.1 Å². The van der Waals surface area contributed by atoms with Crippen molar-refractivity contribution >= 4 is 39.3 Å². The van der Waals surface area contributed by atoms with E-state index in [1.165, 1.54) is 29.9 Å². The first-order chi connectivity index (χ1) is 24.2. The number of carbonyl (C=O) groups excluding carboxylic acids is 1. The van der Waals surface area contributed by atoms with E-state index in [-0.39, 0.29) is 36.4 Å². The molecule has 2 aromatic heterocycles. The summed E-state index contributed by atoms with van der Waals surface area (Å²) in [6, 6.07) is 6.69. The second kappa shape index (κ2) is 14.5. The van der Waals surface area contributed by atoms with Crippen molar-refractivity contribution in [3.05, 3.63) is 88.1 Å². The molecule has 3 aliphatic heterocycles. The van der Waals surface area contributed by atoms with Crippen LogP contribution in [0.15, 0.2) is 71.2 Å². The zero-order valence-electron chi connectivity index (χ0n) is 27.8. The number of thiazole rings is 1. The van der Waals surface area contributed by atoms with Crippen molar-refractivity contribution in [1.29, 1.82) is 5.41 Å². The number of aromatic nitrogens is 3. The normalized spacial score (nSPS) is 21.8. The largest absolute Gasteiger partial charge is 0.396 e. The van der Waals surface area contributed by atoms with E-state index in [0.29, 0.717) is 39.5 Å². The Kier molecular flexibility index (Phi) is 9.94. The summed E-state index contributed by atoms with van der Waals surface area (Å²) in [7, 11) is 0. The molecule has 0 spiro atoms. The number of nitrogens with zero attached hydrogens (tertiary/aromatic N) is 5. The molecule has 5 heterocycles. The number of aliphatic hydroxyl groups excluding tert-OH is 1. The maximum Gasteiger partial charge on any atom is 0.264 e. The Labute approximate surface area is 292 Å². The third kappa shape index (κ3) is 7.01. The number of amides is 1. The standard InChI is InChI=1S/C36H41F3N8O2S/c1-21-27(24-2-4-26(5-3-24)46-16-23(17-46)15-45-9-6-22(19-48)7-10-45)13-28(34(38)39)29(31(21)40)14-42-33(35(49)44-36-41-8-11-50-36)32-30-12-25(37)18-47(30)20-43-32/h2-5,8,11,13-14,20,22-23,25,33-34,40,42,48H,6-7,9-10,12,15-19H2,1H3,(H,41,44,49)/b29-14-,40-31?/t25-,33?/m1/s1. The molecular weight excluding hydrogens is 666 g/mol. The third-order valence-corrected chi connectivity index (χ3v) is 10.9. The van der Waals surface area contributed by atoms with Crippen LogP contribution in [0.4, 0.5) is 24.0 Å². The van der Waals surface area contributed by atoms with Crippen molar-refractivity contribution in [2.45, 2.75) is 51.4 Å². The molecular formula is C36H41F3N8O2S. The van der Waals surface area contributed by atoms with E-state index in [2.05, 4.69) is 30.4 Å². The predicted octanol–water partition coefficient (Wildman–Crippen LogP) is 5.23. The van der Waals surface area contributed by atoms with Gasteiger partial charge in [0, 0.05) is 78.9 Å². The Balaban J connectivity index is 1.06. The van der Waals surface area contributed by atoms with Crippen LogP contribution in [0, 0.1) is 17.2 Å². The fourth-order valence-electron chi connectivity index (χ4n) is 7.36. The number of likely N-dealkylation sites (tertiary alicyclic amines) is 1. The van der Waals surface area contributed by atoms with Crippen molar-refractivity contribution in [3.63, 3.8) is 0 Å². The van der Waals surface area contributed by atoms with Crippen LogP contribution in [0.2, 0.25) is 0 Å². The van der Waals surface area contributed by atoms with Gasteiger partial charge in [-0.25, -0.2) is 23.1 Å². The molecule has 0 bridgehead atoms. The molecule has 0 radical (unpaired) electrons. The number of hydrogen-bond acceptors (Lipinski definition) is 9. The lowest BCUT2D eigenvalue weighted by Gasteiger charge is -2.44. The number of anilines is 2. The minimum atomic E-state index is -2.88. The summed E-state index contributed by atoms with van der Waals surface area (Å²) < 4.78 is 45.2. The van der Waals surface area contributed by atoms with E-state index in [1.807, 2.05) is 24.3 Å². The molecule has 3 aromatic rings. The van der Waals surface area contributed by atoms with E-state index in [0.717, 1.165) is 56.8 Å². The molecule has 2 atom stereocenters. The highest BCUT2D eigenvalue weighted by Gasteiger charge is 2.34. The highest BCUT2D eigenvalue weighted by molar-refractivity contribution is 7.13. The molecule has 2 fully saturated rings. The number of benzene rings is 1. The van der Waals surface area contributed by atoms with Gasteiger partial charge in [0.25, 0.3) is 12.3 Å². The van der Waals surface area contributed by atoms with Crippen LogP contribution in [0.25, 0.3) is 5.57 Å². The molecule has 7 rings (SSSR count). The van der Waals surface area contributed by atoms with Crippen LogP contribution in [0.3, 0.4) is 0 Å². The lowest BCUT2D eigenvalue weighted by Crippen LogP contribution is -2.52. The number of hydrogen-bond donors (Lipinski definition) is 4. The zero-order valence-corrected chi connectivity index (χ0v) is 28.6. The first kappa shape index (κ1) is 34.2. The third-order valence-electron chi connectivity index (χ3n) is 10.3. The van der Waals surface area contributed by atoms with Crippen LogP contribution >= 0.6 is 11.3 Å². The maximum atomic E-state index is 14.6. The number of piperidine rings is 1. The van der Waals surface area contributed by atoms with Crippen molar-refractivity contribution in [2.75, 3.05) is 49.5 Å². The van der Waals surface area contributed by atoms with Crippen molar-refractivity contribution in [1.82, 2.24) is 24.8 Å². The number of rotatable bonds is 11. The van der Waals surface area contributed by atoms with Crippen LogP contribution in [0.1, 0.15) is 42.8 Å². The first-order valence-corrected chi connectivity index (χ1v) is 17.9. The van der Waals surface area contributed by atoms with Gasteiger partial charge < -0.3 is 24.8 Å². The summed E-state index contributed by atoms with van der Waals surface area (Å²) in [4.78, 5) is 26.8. The minimum Gasteiger partial charge on any atom is -0.396 e. The first-order valence-electron chi connectivity index (χ1n) is 17.0. The molecule has 1 unspecified atom stereocenters. The number of alkyl halides is 3. The van der Waals surface area contributed by atoms with Gasteiger partial charge in [0.15, 0.2) is 11.2 Å². The minimum absolute atomic E-state index is 0.0312. The molecule has 0 saturated carbocycles. The Morgan fingerprint density at radius 1 is 1.14 bits per heavy atom. The van der Waals surface area contributed by atoms with E-state index in [1.54, 1.807) is 23.1 Å². The number of carbonyl (C=O) groups is 1. The maximum absolute atomic E-state index is 14.6. The van der Waals surface area contributed by atoms with E-state index >= 15 is 0 Å². The van der Waals surface area contributed by atoms with Gasteiger partial charge in [0.05, 0.1) is 24.3 Å². The molecule has 4 N–H and O–H groups in total. The van der Waals surface area contributed by atoms with Crippen molar-refractivity contribution in [2.24, 2.45) is 11.8 Å². The van der Waals surface area contributed by atoms with Gasteiger partial charge in [0.1, 0.15) is 6.17 Å². The Morgan fingerprint density at radius 2 is 1.90 bits per heavy atom. The van der Waals surface area contributed by atoms with Gasteiger partial charge in [-0.2, -0.15) is 0 Å². The number of fused-ring (bicyclic) bond motifs is 1. The Hall–Kier alpha value is -4.27. The van der Waals surface area contributed by atoms with Gasteiger partial charge in [-0.1, -0.05) is 12.1 Å². The van der Waals surface area contributed by atoms with Gasteiger partial charge in [-0.05, 0) is 73.7 Å². The summed E-state index contributed by atoms with van der Waals surface area (Å²) in [5.74, 6) is 0.490. The Morgan fingerprint density at radius 3 is 2.58 bits per heavy atom. The molecule has 50 heavy (non-hydrogen) atoms. The highest BCUT2D eigenvalue weighted by Crippen LogP contribution is 2.36. The van der Waals surface area contributed by atoms with E-state index in [9.17, 15) is 23.1 Å². The topological polar surface area (TPSA) is 122 Å². The van der Waals surface area contributed by atoms with Crippen LogP contribution in [-0.2, 0) is 17.8 Å². The van der Waals surface area contributed by atoms with Crippen molar-refractivity contribution < 1.29 is 23.1 Å². The molecule has 1 amide bonds. The Bertz CT molecular complexity index is 1810. The summed E-state index contributed by atoms with van der Waals surface area (Å²) in [5.41, 5.74) is 3.28. The smallest absolute Gasteiger partial charge is 0.264 e. The fraction of sp³-hybridized carbons (Fsp3) is 0.444. The van der Waals surface area contributed by atoms with Gasteiger partial charge in [-0.3, -0.25) is 15.5 Å². The number of aliphatic hydroxyl groups is 1. The molecule has 1 aliphatic carbocycles. The quantitative estimate of drug-likeness (QED) is 0.216. The number of nitrogens with one attached hydrogen (secondary N) is 3. The average Bonchev–Trinajstić information content (AvgIpc) is 3.83. The van der Waals surface area contributed by atoms with Crippen molar-refractivity contribution in [3.8, 4) is 0 Å². The van der Waals surface area contributed by atoms with Crippen LogP contribution < -0.4 is 15.5 Å². The summed E-state index contributed by atoms with van der Waals surface area (Å²) in [6.07, 6.45) is 3.92. The SMILES string of the molecule is CC1=C(c2ccc(N3CC(CN4CCC(CO)CC4)C3)cc2)C=C(C(F)F)/C(=C/NC(C(=O)Nc2nccs2)c2ncn3c2C[C@@H](F)C3)C1=N. The summed E-state index contributed by atoms with van der Waals surface area (Å²) in [6.45, 7) is 7.20. The predicted molar refractivity (Wildman–Crippen MR) is 188 cm³/mol. The van der Waals surface area contributed by atoms with Gasteiger partial charge >= 0.3 is 0 Å². The number of halogens is 3. The highest BCUT2D eigenvalue weighted by atomic mass is 32.1. The molecule has 264 valence electrons. The van der Waals surface area contributed by atoms with E-state index in [4.69, 9.17) is 5.41 Å². The monoisotopic (exact) mass is 706 g/mol. The summed E-state index contributed by atoms with van der Waals surface area (Å²) >= 11 is 1.22. The van der Waals surface area contributed by atoms with Crippen LogP contribution in [0.5, 0.6) is 0 Å². The summed E-state index contributed by atoms with van der Waals surface area (Å²) in [5, 5.41) is 26.1. The second-order valence-corrected chi connectivity index (χ2v) is 14.5. The molecule has 10 nitrogen and oxygen atoms in total. The molecule has 2 saturated heterocycles. The van der Waals surface area contributed by atoms with E-state index < -0.39 is 24.5 Å². The molecule has 14 heteroatoms. The number of allylic oxidation sites excluding steroid dienone is 5. The average molecular weight is 707 g/mol. The molecule has 1 aromatic carbocycles. The van der Waals surface area contributed by atoms with Gasteiger partial charge in [-0.15, -0.1) is 11.3 Å².